The van der Waals surface area contributed by atoms with Crippen LogP contribution in [-0.2, 0) is 11.2 Å². The molecule has 5 nitrogen and oxygen atoms in total. The van der Waals surface area contributed by atoms with Gasteiger partial charge in [-0.15, -0.1) is 0 Å². The van der Waals surface area contributed by atoms with Crippen LogP contribution < -0.4 is 0 Å². The number of rotatable bonds is 3. The third-order valence-electron chi connectivity index (χ3n) is 3.15. The fraction of sp³-hybridized carbons (Fsp3) is 0.231. The van der Waals surface area contributed by atoms with Crippen LogP contribution in [0, 0.1) is 6.92 Å². The van der Waals surface area contributed by atoms with Crippen LogP contribution in [0.2, 0.25) is 5.02 Å². The lowest BCUT2D eigenvalue weighted by molar-refractivity contribution is -0.136. The van der Waals surface area contributed by atoms with Gasteiger partial charge in [0.05, 0.1) is 17.0 Å². The van der Waals surface area contributed by atoms with E-state index in [0.717, 1.165) is 26.9 Å². The van der Waals surface area contributed by atoms with E-state index in [-0.39, 0.29) is 6.42 Å². The van der Waals surface area contributed by atoms with E-state index in [0.29, 0.717) is 17.2 Å². The SMILES string of the molecule is Cc1cc(Cl)c2nc3[nH]c(CCC(=O)O)c(Br)n3c2c1. The van der Waals surface area contributed by atoms with Gasteiger partial charge in [-0.1, -0.05) is 11.6 Å². The zero-order chi connectivity index (χ0) is 14.4. The fourth-order valence-electron chi connectivity index (χ4n) is 2.27. The molecule has 0 fully saturated rings. The summed E-state index contributed by atoms with van der Waals surface area (Å²) in [6.07, 6.45) is 0.486. The highest BCUT2D eigenvalue weighted by molar-refractivity contribution is 9.10. The number of aliphatic carboxylic acids is 1. The summed E-state index contributed by atoms with van der Waals surface area (Å²) in [6, 6.07) is 3.87. The lowest BCUT2D eigenvalue weighted by Gasteiger charge is -1.99. The second-order valence-corrected chi connectivity index (χ2v) is 5.83. The maximum atomic E-state index is 10.7. The molecule has 0 bridgehead atoms. The molecule has 0 saturated heterocycles. The van der Waals surface area contributed by atoms with Crippen molar-refractivity contribution in [1.29, 1.82) is 0 Å². The summed E-state index contributed by atoms with van der Waals surface area (Å²) in [5.41, 5.74) is 3.49. The van der Waals surface area contributed by atoms with Gasteiger partial charge in [0.25, 0.3) is 0 Å². The number of aryl methyl sites for hydroxylation is 2. The Labute approximate surface area is 127 Å². The van der Waals surface area contributed by atoms with Crippen LogP contribution in [0.1, 0.15) is 17.7 Å². The van der Waals surface area contributed by atoms with E-state index in [1.54, 1.807) is 0 Å². The molecule has 0 radical (unpaired) electrons. The van der Waals surface area contributed by atoms with E-state index in [2.05, 4.69) is 25.9 Å². The standard InChI is InChI=1S/C13H11BrClN3O2/c1-6-4-7(15)11-9(5-6)18-12(14)8(2-3-10(19)20)16-13(18)17-11/h4-5H,2-3H2,1H3,(H,16,17)(H,19,20). The summed E-state index contributed by atoms with van der Waals surface area (Å²) < 4.78 is 2.70. The predicted octanol–water partition coefficient (Wildman–Crippen LogP) is 3.56. The summed E-state index contributed by atoms with van der Waals surface area (Å²) in [5.74, 6) is -0.173. The average Bonchev–Trinajstić information content (AvgIpc) is 2.85. The quantitative estimate of drug-likeness (QED) is 0.754. The van der Waals surface area contributed by atoms with Gasteiger partial charge in [-0.05, 0) is 40.5 Å². The van der Waals surface area contributed by atoms with Gasteiger partial charge in [-0.2, -0.15) is 0 Å². The zero-order valence-corrected chi connectivity index (χ0v) is 12.9. The zero-order valence-electron chi connectivity index (χ0n) is 10.6. The number of benzene rings is 1. The Morgan fingerprint density at radius 2 is 2.30 bits per heavy atom. The van der Waals surface area contributed by atoms with Crippen LogP contribution in [0.15, 0.2) is 16.7 Å². The Bertz CT molecular complexity index is 837. The minimum atomic E-state index is -0.826. The summed E-state index contributed by atoms with van der Waals surface area (Å²) in [5, 5.41) is 9.37. The van der Waals surface area contributed by atoms with Crippen LogP contribution >= 0.6 is 27.5 Å². The van der Waals surface area contributed by atoms with Crippen molar-refractivity contribution in [2.45, 2.75) is 19.8 Å². The fourth-order valence-corrected chi connectivity index (χ4v) is 3.24. The Morgan fingerprint density at radius 1 is 1.55 bits per heavy atom. The molecule has 7 heteroatoms. The van der Waals surface area contributed by atoms with Crippen molar-refractivity contribution in [1.82, 2.24) is 14.4 Å². The molecular weight excluding hydrogens is 346 g/mol. The van der Waals surface area contributed by atoms with Crippen LogP contribution in [0.4, 0.5) is 0 Å². The highest BCUT2D eigenvalue weighted by Crippen LogP contribution is 2.30. The molecule has 2 aromatic heterocycles. The van der Waals surface area contributed by atoms with E-state index in [1.807, 2.05) is 23.5 Å². The first-order valence-corrected chi connectivity index (χ1v) is 7.21. The number of carbonyl (C=O) groups is 1. The van der Waals surface area contributed by atoms with Gasteiger partial charge in [0, 0.05) is 12.1 Å². The van der Waals surface area contributed by atoms with Crippen LogP contribution in [0.5, 0.6) is 0 Å². The van der Waals surface area contributed by atoms with Gasteiger partial charge >= 0.3 is 5.97 Å². The minimum absolute atomic E-state index is 0.0694. The van der Waals surface area contributed by atoms with Crippen molar-refractivity contribution in [3.8, 4) is 0 Å². The Hall–Kier alpha value is -1.53. The summed E-state index contributed by atoms with van der Waals surface area (Å²) in [6.45, 7) is 1.97. The summed E-state index contributed by atoms with van der Waals surface area (Å²) in [4.78, 5) is 18.3. The number of aromatic nitrogens is 3. The molecule has 104 valence electrons. The maximum Gasteiger partial charge on any atom is 0.303 e. The van der Waals surface area contributed by atoms with Crippen LogP contribution in [0.25, 0.3) is 16.8 Å². The third kappa shape index (κ3) is 2.09. The number of fused-ring (bicyclic) bond motifs is 3. The number of nitrogens with one attached hydrogen (secondary N) is 1. The monoisotopic (exact) mass is 355 g/mol. The molecule has 2 heterocycles. The molecule has 0 atom stereocenters. The average molecular weight is 357 g/mol. The molecule has 0 amide bonds. The molecule has 0 aliphatic heterocycles. The molecule has 0 aliphatic rings. The van der Waals surface area contributed by atoms with E-state index < -0.39 is 5.97 Å². The first-order valence-electron chi connectivity index (χ1n) is 6.04. The van der Waals surface area contributed by atoms with Gasteiger partial charge in [0.2, 0.25) is 5.78 Å². The second-order valence-electron chi connectivity index (χ2n) is 4.67. The van der Waals surface area contributed by atoms with Gasteiger partial charge in [0.15, 0.2) is 0 Å². The van der Waals surface area contributed by atoms with E-state index in [1.165, 1.54) is 0 Å². The number of aromatic amines is 1. The van der Waals surface area contributed by atoms with Gasteiger partial charge in [-0.25, -0.2) is 4.98 Å². The van der Waals surface area contributed by atoms with Crippen LogP contribution in [0.3, 0.4) is 0 Å². The molecule has 0 aliphatic carbocycles. The van der Waals surface area contributed by atoms with Crippen molar-refractivity contribution in [2.75, 3.05) is 0 Å². The molecule has 2 N–H and O–H groups in total. The maximum absolute atomic E-state index is 10.7. The molecule has 3 aromatic rings. The minimum Gasteiger partial charge on any atom is -0.481 e. The first-order chi connectivity index (χ1) is 9.47. The molecule has 0 unspecified atom stereocenters. The molecule has 1 aromatic carbocycles. The number of carboxylic acids is 1. The number of hydrogen-bond acceptors (Lipinski definition) is 2. The van der Waals surface area contributed by atoms with Crippen molar-refractivity contribution < 1.29 is 9.90 Å². The molecule has 20 heavy (non-hydrogen) atoms. The van der Waals surface area contributed by atoms with E-state index >= 15 is 0 Å². The van der Waals surface area contributed by atoms with E-state index in [4.69, 9.17) is 16.7 Å². The van der Waals surface area contributed by atoms with Crippen molar-refractivity contribution >= 4 is 50.3 Å². The van der Waals surface area contributed by atoms with Crippen LogP contribution in [-0.4, -0.2) is 25.4 Å². The summed E-state index contributed by atoms with van der Waals surface area (Å²) in [7, 11) is 0. The molecule has 0 spiro atoms. The number of hydrogen-bond donors (Lipinski definition) is 2. The van der Waals surface area contributed by atoms with Gasteiger partial charge < -0.3 is 10.1 Å². The normalized spacial score (nSPS) is 11.6. The number of H-pyrrole nitrogens is 1. The highest BCUT2D eigenvalue weighted by Gasteiger charge is 2.16. The predicted molar refractivity (Wildman–Crippen MR) is 80.5 cm³/mol. The molecule has 3 rings (SSSR count). The van der Waals surface area contributed by atoms with Crippen molar-refractivity contribution in [3.05, 3.63) is 33.0 Å². The van der Waals surface area contributed by atoms with E-state index in [9.17, 15) is 4.79 Å². The smallest absolute Gasteiger partial charge is 0.303 e. The first kappa shape index (κ1) is 13.5. The highest BCUT2D eigenvalue weighted by atomic mass is 79.9. The molecular formula is C13H11BrClN3O2. The molecule has 0 saturated carbocycles. The van der Waals surface area contributed by atoms with Gasteiger partial charge in [-0.3, -0.25) is 9.20 Å². The topological polar surface area (TPSA) is 70.4 Å². The number of carboxylic acid groups (broad SMARTS) is 1. The second kappa shape index (κ2) is 4.79. The summed E-state index contributed by atoms with van der Waals surface area (Å²) >= 11 is 9.71. The Kier molecular flexibility index (Phi) is 3.22. The largest absolute Gasteiger partial charge is 0.481 e. The number of halogens is 2. The third-order valence-corrected chi connectivity index (χ3v) is 4.28. The number of nitrogens with zero attached hydrogens (tertiary/aromatic N) is 2. The van der Waals surface area contributed by atoms with Crippen molar-refractivity contribution in [2.24, 2.45) is 0 Å². The van der Waals surface area contributed by atoms with Crippen molar-refractivity contribution in [3.63, 3.8) is 0 Å². The number of imidazole rings is 2. The lowest BCUT2D eigenvalue weighted by atomic mass is 10.2. The lowest BCUT2D eigenvalue weighted by Crippen LogP contribution is -1.98. The Morgan fingerprint density at radius 3 is 3.00 bits per heavy atom. The van der Waals surface area contributed by atoms with Gasteiger partial charge in [0.1, 0.15) is 10.1 Å². The Balaban J connectivity index is 2.20.